The number of aromatic nitrogens is 2. The Balaban J connectivity index is 2.65. The minimum absolute atomic E-state index is 0.378. The number of rotatable bonds is 8. The summed E-state index contributed by atoms with van der Waals surface area (Å²) in [6, 6.07) is 3.79. The lowest BCUT2D eigenvalue weighted by Crippen LogP contribution is -2.31. The number of nitrogens with zero attached hydrogens (tertiary/aromatic N) is 3. The average molecular weight is 260 g/mol. The molecule has 0 fully saturated rings. The number of hydrogen-bond donors (Lipinski definition) is 0. The lowest BCUT2D eigenvalue weighted by molar-refractivity contribution is 0.190. The number of ether oxygens (including phenoxy) is 2. The van der Waals surface area contributed by atoms with Gasteiger partial charge in [0.1, 0.15) is 0 Å². The normalized spacial score (nSPS) is 10.5. The zero-order chi connectivity index (χ0) is 12.5. The largest absolute Gasteiger partial charge is 0.383 e. The third-order valence-electron chi connectivity index (χ3n) is 2.30. The summed E-state index contributed by atoms with van der Waals surface area (Å²) >= 11 is 5.67. The molecule has 96 valence electrons. The van der Waals surface area contributed by atoms with Gasteiger partial charge in [-0.3, -0.25) is 0 Å². The van der Waals surface area contributed by atoms with Gasteiger partial charge < -0.3 is 14.4 Å². The van der Waals surface area contributed by atoms with Crippen LogP contribution >= 0.6 is 11.6 Å². The van der Waals surface area contributed by atoms with Crippen LogP contribution in [0.5, 0.6) is 0 Å². The van der Waals surface area contributed by atoms with Crippen LogP contribution in [-0.2, 0) is 15.4 Å². The van der Waals surface area contributed by atoms with E-state index in [0.29, 0.717) is 19.1 Å². The maximum atomic E-state index is 5.67. The molecule has 1 heterocycles. The van der Waals surface area contributed by atoms with Crippen LogP contribution in [0.4, 0.5) is 5.82 Å². The Morgan fingerprint density at radius 3 is 2.18 bits per heavy atom. The fourth-order valence-corrected chi connectivity index (χ4v) is 1.48. The summed E-state index contributed by atoms with van der Waals surface area (Å²) in [7, 11) is 3.35. The first-order chi connectivity index (χ1) is 8.31. The molecular formula is C11H18ClN3O2. The summed E-state index contributed by atoms with van der Waals surface area (Å²) in [5.41, 5.74) is 0.772. The zero-order valence-electron chi connectivity index (χ0n) is 10.2. The van der Waals surface area contributed by atoms with E-state index in [1.54, 1.807) is 14.2 Å². The van der Waals surface area contributed by atoms with Crippen LogP contribution in [0.15, 0.2) is 12.1 Å². The molecule has 0 bridgehead atoms. The van der Waals surface area contributed by atoms with Gasteiger partial charge in [0.15, 0.2) is 5.82 Å². The number of halogens is 1. The van der Waals surface area contributed by atoms with Crippen LogP contribution in [0.1, 0.15) is 5.69 Å². The molecule has 1 aromatic rings. The number of anilines is 1. The van der Waals surface area contributed by atoms with E-state index >= 15 is 0 Å². The summed E-state index contributed by atoms with van der Waals surface area (Å²) in [5.74, 6) is 1.19. The summed E-state index contributed by atoms with van der Waals surface area (Å²) in [6.45, 7) is 2.80. The van der Waals surface area contributed by atoms with Gasteiger partial charge in [-0.1, -0.05) is 0 Å². The standard InChI is InChI=1S/C11H18ClN3O2/c1-16-7-5-15(6-8-17-2)11-4-3-10(9-12)13-14-11/h3-4H,5-9H2,1-2H3. The Morgan fingerprint density at radius 1 is 1.12 bits per heavy atom. The van der Waals surface area contributed by atoms with Crippen molar-refractivity contribution < 1.29 is 9.47 Å². The molecule has 0 radical (unpaired) electrons. The lowest BCUT2D eigenvalue weighted by Gasteiger charge is -2.22. The summed E-state index contributed by atoms with van der Waals surface area (Å²) in [5, 5.41) is 8.17. The Labute approximate surface area is 107 Å². The molecule has 17 heavy (non-hydrogen) atoms. The van der Waals surface area contributed by atoms with Gasteiger partial charge in [-0.25, -0.2) is 0 Å². The van der Waals surface area contributed by atoms with Crippen LogP contribution in [0, 0.1) is 0 Å². The van der Waals surface area contributed by atoms with Gasteiger partial charge in [-0.05, 0) is 12.1 Å². The summed E-state index contributed by atoms with van der Waals surface area (Å²) < 4.78 is 10.1. The van der Waals surface area contributed by atoms with Crippen LogP contribution in [0.2, 0.25) is 0 Å². The zero-order valence-corrected chi connectivity index (χ0v) is 11.0. The number of hydrogen-bond acceptors (Lipinski definition) is 5. The van der Waals surface area contributed by atoms with Gasteiger partial charge >= 0.3 is 0 Å². The molecule has 1 rings (SSSR count). The maximum absolute atomic E-state index is 5.67. The van der Waals surface area contributed by atoms with E-state index in [9.17, 15) is 0 Å². The highest BCUT2D eigenvalue weighted by molar-refractivity contribution is 6.16. The van der Waals surface area contributed by atoms with Crippen molar-refractivity contribution in [1.29, 1.82) is 0 Å². The Kier molecular flexibility index (Phi) is 6.84. The summed E-state index contributed by atoms with van der Waals surface area (Å²) in [4.78, 5) is 2.07. The predicted molar refractivity (Wildman–Crippen MR) is 67.6 cm³/mol. The Bertz CT molecular complexity index is 300. The van der Waals surface area contributed by atoms with Crippen LogP contribution < -0.4 is 4.90 Å². The summed E-state index contributed by atoms with van der Waals surface area (Å²) in [6.07, 6.45) is 0. The molecule has 0 amide bonds. The van der Waals surface area contributed by atoms with Crippen molar-refractivity contribution in [1.82, 2.24) is 10.2 Å². The monoisotopic (exact) mass is 259 g/mol. The highest BCUT2D eigenvalue weighted by atomic mass is 35.5. The third-order valence-corrected chi connectivity index (χ3v) is 2.57. The molecule has 0 unspecified atom stereocenters. The van der Waals surface area contributed by atoms with Crippen LogP contribution in [0.25, 0.3) is 0 Å². The molecule has 0 spiro atoms. The van der Waals surface area contributed by atoms with Crippen molar-refractivity contribution in [2.75, 3.05) is 45.4 Å². The second kappa shape index (κ2) is 8.22. The fourth-order valence-electron chi connectivity index (χ4n) is 1.34. The van der Waals surface area contributed by atoms with Crippen LogP contribution in [0.3, 0.4) is 0 Å². The van der Waals surface area contributed by atoms with E-state index in [0.717, 1.165) is 24.6 Å². The van der Waals surface area contributed by atoms with Crippen molar-refractivity contribution >= 4 is 17.4 Å². The van der Waals surface area contributed by atoms with E-state index in [1.807, 2.05) is 12.1 Å². The molecule has 0 aliphatic rings. The number of methoxy groups -OCH3 is 2. The molecule has 0 aliphatic carbocycles. The van der Waals surface area contributed by atoms with Crippen molar-refractivity contribution in [2.45, 2.75) is 5.88 Å². The van der Waals surface area contributed by atoms with Crippen molar-refractivity contribution in [3.05, 3.63) is 17.8 Å². The van der Waals surface area contributed by atoms with E-state index < -0.39 is 0 Å². The van der Waals surface area contributed by atoms with Gasteiger partial charge in [0.05, 0.1) is 24.8 Å². The molecule has 6 heteroatoms. The predicted octanol–water partition coefficient (Wildman–Crippen LogP) is 1.31. The molecule has 1 aromatic heterocycles. The van der Waals surface area contributed by atoms with Gasteiger partial charge in [-0.15, -0.1) is 16.7 Å². The molecule has 0 saturated carbocycles. The SMILES string of the molecule is COCCN(CCOC)c1ccc(CCl)nn1. The highest BCUT2D eigenvalue weighted by Crippen LogP contribution is 2.10. The molecule has 0 aliphatic heterocycles. The van der Waals surface area contributed by atoms with E-state index in [2.05, 4.69) is 15.1 Å². The first-order valence-electron chi connectivity index (χ1n) is 5.43. The molecular weight excluding hydrogens is 242 g/mol. The fraction of sp³-hybridized carbons (Fsp3) is 0.636. The quantitative estimate of drug-likeness (QED) is 0.659. The minimum Gasteiger partial charge on any atom is -0.383 e. The van der Waals surface area contributed by atoms with Crippen molar-refractivity contribution in [3.8, 4) is 0 Å². The van der Waals surface area contributed by atoms with Gasteiger partial charge in [0, 0.05) is 27.3 Å². The number of alkyl halides is 1. The van der Waals surface area contributed by atoms with Crippen molar-refractivity contribution in [2.24, 2.45) is 0 Å². The van der Waals surface area contributed by atoms with E-state index in [4.69, 9.17) is 21.1 Å². The topological polar surface area (TPSA) is 47.5 Å². The Hall–Kier alpha value is -0.910. The van der Waals surface area contributed by atoms with Gasteiger partial charge in [-0.2, -0.15) is 5.10 Å². The van der Waals surface area contributed by atoms with Crippen LogP contribution in [-0.4, -0.2) is 50.7 Å². The smallest absolute Gasteiger partial charge is 0.151 e. The molecule has 0 aromatic carbocycles. The van der Waals surface area contributed by atoms with E-state index in [1.165, 1.54) is 0 Å². The molecule has 0 N–H and O–H groups in total. The highest BCUT2D eigenvalue weighted by Gasteiger charge is 2.08. The average Bonchev–Trinajstić information content (AvgIpc) is 2.39. The molecule has 5 nitrogen and oxygen atoms in total. The third kappa shape index (κ3) is 4.85. The molecule has 0 atom stereocenters. The first-order valence-corrected chi connectivity index (χ1v) is 5.96. The molecule has 0 saturated heterocycles. The second-order valence-electron chi connectivity index (χ2n) is 3.49. The van der Waals surface area contributed by atoms with Gasteiger partial charge in [0.2, 0.25) is 0 Å². The lowest BCUT2D eigenvalue weighted by atomic mass is 10.4. The Morgan fingerprint density at radius 2 is 1.76 bits per heavy atom. The van der Waals surface area contributed by atoms with Gasteiger partial charge in [0.25, 0.3) is 0 Å². The maximum Gasteiger partial charge on any atom is 0.151 e. The van der Waals surface area contributed by atoms with E-state index in [-0.39, 0.29) is 0 Å². The second-order valence-corrected chi connectivity index (χ2v) is 3.76. The minimum atomic E-state index is 0.378. The van der Waals surface area contributed by atoms with Crippen molar-refractivity contribution in [3.63, 3.8) is 0 Å². The first kappa shape index (κ1) is 14.2.